The lowest BCUT2D eigenvalue weighted by Gasteiger charge is -2.09. The summed E-state index contributed by atoms with van der Waals surface area (Å²) in [5.74, 6) is 0.0503. The summed E-state index contributed by atoms with van der Waals surface area (Å²) in [6, 6.07) is 10.2. The van der Waals surface area contributed by atoms with Crippen LogP contribution in [0.15, 0.2) is 47.4 Å². The van der Waals surface area contributed by atoms with E-state index in [1.54, 1.807) is 24.3 Å². The summed E-state index contributed by atoms with van der Waals surface area (Å²) in [6.07, 6.45) is 0.924. The molecular formula is C17H18N2O6S. The number of sulfone groups is 1. The number of carbonyl (C=O) groups is 1. The maximum absolute atomic E-state index is 12.3. The smallest absolute Gasteiger partial charge is 0.271 e. The highest BCUT2D eigenvalue weighted by Gasteiger charge is 2.19. The molecule has 1 N–H and O–H groups in total. The van der Waals surface area contributed by atoms with E-state index in [1.807, 2.05) is 6.92 Å². The van der Waals surface area contributed by atoms with Crippen molar-refractivity contribution >= 4 is 21.4 Å². The molecular weight excluding hydrogens is 360 g/mol. The van der Waals surface area contributed by atoms with Gasteiger partial charge < -0.3 is 10.1 Å². The van der Waals surface area contributed by atoms with Crippen LogP contribution in [0.4, 0.5) is 5.69 Å². The van der Waals surface area contributed by atoms with E-state index >= 15 is 0 Å². The Labute approximate surface area is 150 Å². The quantitative estimate of drug-likeness (QED) is 0.584. The Hall–Kier alpha value is -2.94. The molecule has 138 valence electrons. The number of nitrogens with one attached hydrogen (secondary N) is 1. The molecule has 0 radical (unpaired) electrons. The number of ether oxygens (including phenoxy) is 1. The maximum Gasteiger partial charge on any atom is 0.271 e. The molecule has 0 atom stereocenters. The summed E-state index contributed by atoms with van der Waals surface area (Å²) in [5, 5.41) is 13.6. The van der Waals surface area contributed by atoms with E-state index in [2.05, 4.69) is 5.32 Å². The minimum atomic E-state index is -3.69. The molecule has 2 rings (SSSR count). The predicted molar refractivity (Wildman–Crippen MR) is 95.0 cm³/mol. The standard InChI is InChI=1S/C17H18N2O6S/c1-3-25-15-6-4-5-12(7-15)11-18-17(20)13-8-14(19(21)22)10-16(9-13)26(2,23)24/h4-10H,3,11H2,1-2H3,(H,18,20). The van der Waals surface area contributed by atoms with E-state index in [-0.39, 0.29) is 17.0 Å². The lowest BCUT2D eigenvalue weighted by atomic mass is 10.1. The van der Waals surface area contributed by atoms with Crippen molar-refractivity contribution < 1.29 is 22.9 Å². The van der Waals surface area contributed by atoms with Gasteiger partial charge in [0.15, 0.2) is 9.84 Å². The van der Waals surface area contributed by atoms with E-state index in [9.17, 15) is 23.3 Å². The van der Waals surface area contributed by atoms with Crippen LogP contribution in [0.1, 0.15) is 22.8 Å². The minimum Gasteiger partial charge on any atom is -0.494 e. The first-order valence-corrected chi connectivity index (χ1v) is 9.59. The number of rotatable bonds is 7. The second kappa shape index (κ2) is 7.96. The van der Waals surface area contributed by atoms with Gasteiger partial charge in [-0.1, -0.05) is 12.1 Å². The first-order valence-electron chi connectivity index (χ1n) is 7.70. The molecule has 0 saturated carbocycles. The van der Waals surface area contributed by atoms with Crippen molar-refractivity contribution in [3.05, 3.63) is 63.7 Å². The van der Waals surface area contributed by atoms with Gasteiger partial charge in [0.05, 0.1) is 16.4 Å². The van der Waals surface area contributed by atoms with Crippen LogP contribution in [0.2, 0.25) is 0 Å². The Bertz CT molecular complexity index is 940. The average Bonchev–Trinajstić information content (AvgIpc) is 2.59. The Morgan fingerprint density at radius 2 is 1.96 bits per heavy atom. The molecule has 0 unspecified atom stereocenters. The van der Waals surface area contributed by atoms with Crippen LogP contribution in [0.25, 0.3) is 0 Å². The molecule has 0 aliphatic rings. The summed E-state index contributed by atoms with van der Waals surface area (Å²) in [6.45, 7) is 2.53. The monoisotopic (exact) mass is 378 g/mol. The van der Waals surface area contributed by atoms with Gasteiger partial charge >= 0.3 is 0 Å². The summed E-state index contributed by atoms with van der Waals surface area (Å²) in [5.41, 5.74) is 0.218. The van der Waals surface area contributed by atoms with Gasteiger partial charge in [-0.15, -0.1) is 0 Å². The van der Waals surface area contributed by atoms with Gasteiger partial charge in [-0.05, 0) is 30.7 Å². The van der Waals surface area contributed by atoms with Crippen LogP contribution >= 0.6 is 0 Å². The molecule has 0 aromatic heterocycles. The van der Waals surface area contributed by atoms with Crippen molar-refractivity contribution in [2.75, 3.05) is 12.9 Å². The van der Waals surface area contributed by atoms with Crippen molar-refractivity contribution in [3.8, 4) is 5.75 Å². The molecule has 9 heteroatoms. The van der Waals surface area contributed by atoms with Gasteiger partial charge in [0.25, 0.3) is 11.6 Å². The van der Waals surface area contributed by atoms with Gasteiger partial charge in [0.2, 0.25) is 0 Å². The predicted octanol–water partition coefficient (Wildman–Crippen LogP) is 2.33. The number of amides is 1. The number of hydrogen-bond donors (Lipinski definition) is 1. The van der Waals surface area contributed by atoms with Gasteiger partial charge in [-0.3, -0.25) is 14.9 Å². The molecule has 26 heavy (non-hydrogen) atoms. The highest BCUT2D eigenvalue weighted by molar-refractivity contribution is 7.90. The number of hydrogen-bond acceptors (Lipinski definition) is 6. The molecule has 2 aromatic rings. The highest BCUT2D eigenvalue weighted by Crippen LogP contribution is 2.21. The van der Waals surface area contributed by atoms with E-state index < -0.39 is 26.4 Å². The minimum absolute atomic E-state index is 0.0967. The number of nitrogens with zero attached hydrogens (tertiary/aromatic N) is 1. The molecule has 0 aliphatic carbocycles. The normalized spacial score (nSPS) is 11.0. The fourth-order valence-electron chi connectivity index (χ4n) is 2.23. The number of nitro groups is 1. The van der Waals surface area contributed by atoms with Crippen LogP contribution in [-0.4, -0.2) is 32.1 Å². The van der Waals surface area contributed by atoms with Crippen molar-refractivity contribution in [2.45, 2.75) is 18.4 Å². The number of non-ortho nitro benzene ring substituents is 1. The molecule has 1 amide bonds. The highest BCUT2D eigenvalue weighted by atomic mass is 32.2. The van der Waals surface area contributed by atoms with Gasteiger partial charge in [-0.2, -0.15) is 0 Å². The molecule has 0 saturated heterocycles. The van der Waals surface area contributed by atoms with Gasteiger partial charge in [0.1, 0.15) is 5.75 Å². The zero-order valence-corrected chi connectivity index (χ0v) is 15.1. The topological polar surface area (TPSA) is 116 Å². The summed E-state index contributed by atoms with van der Waals surface area (Å²) < 4.78 is 28.8. The Kier molecular flexibility index (Phi) is 5.93. The molecule has 0 aliphatic heterocycles. The average molecular weight is 378 g/mol. The Morgan fingerprint density at radius 1 is 1.23 bits per heavy atom. The number of nitro benzene ring substituents is 1. The Balaban J connectivity index is 2.22. The van der Waals surface area contributed by atoms with Crippen LogP contribution in [-0.2, 0) is 16.4 Å². The molecule has 0 fully saturated rings. The van der Waals surface area contributed by atoms with E-state index in [0.717, 1.165) is 30.0 Å². The first kappa shape index (κ1) is 19.4. The number of carbonyl (C=O) groups excluding carboxylic acids is 1. The lowest BCUT2D eigenvalue weighted by molar-refractivity contribution is -0.385. The van der Waals surface area contributed by atoms with E-state index in [1.165, 1.54) is 0 Å². The molecule has 0 heterocycles. The van der Waals surface area contributed by atoms with Crippen molar-refractivity contribution in [2.24, 2.45) is 0 Å². The van der Waals surface area contributed by atoms with E-state index in [0.29, 0.717) is 12.4 Å². The first-order chi connectivity index (χ1) is 12.2. The molecule has 0 spiro atoms. The molecule has 8 nitrogen and oxygen atoms in total. The number of benzene rings is 2. The second-order valence-electron chi connectivity index (χ2n) is 5.51. The van der Waals surface area contributed by atoms with Gasteiger partial charge in [-0.25, -0.2) is 8.42 Å². The summed E-state index contributed by atoms with van der Waals surface area (Å²) in [4.78, 5) is 22.3. The van der Waals surface area contributed by atoms with Crippen LogP contribution in [0.3, 0.4) is 0 Å². The van der Waals surface area contributed by atoms with E-state index in [4.69, 9.17) is 4.74 Å². The fourth-order valence-corrected chi connectivity index (χ4v) is 2.91. The van der Waals surface area contributed by atoms with Crippen molar-refractivity contribution in [1.82, 2.24) is 5.32 Å². The second-order valence-corrected chi connectivity index (χ2v) is 7.52. The van der Waals surface area contributed by atoms with Gasteiger partial charge in [0, 0.05) is 30.5 Å². The Morgan fingerprint density at radius 3 is 2.58 bits per heavy atom. The zero-order chi connectivity index (χ0) is 19.3. The summed E-state index contributed by atoms with van der Waals surface area (Å²) in [7, 11) is -3.69. The SMILES string of the molecule is CCOc1cccc(CNC(=O)c2cc([N+](=O)[O-])cc(S(C)(=O)=O)c2)c1. The summed E-state index contributed by atoms with van der Waals surface area (Å²) >= 11 is 0. The van der Waals surface area contributed by atoms with Crippen LogP contribution < -0.4 is 10.1 Å². The fraction of sp³-hybridized carbons (Fsp3) is 0.235. The van der Waals surface area contributed by atoms with Crippen LogP contribution in [0, 0.1) is 10.1 Å². The lowest BCUT2D eigenvalue weighted by Crippen LogP contribution is -2.23. The third-order valence-electron chi connectivity index (χ3n) is 3.45. The molecule has 2 aromatic carbocycles. The maximum atomic E-state index is 12.3. The van der Waals surface area contributed by atoms with Crippen molar-refractivity contribution in [1.29, 1.82) is 0 Å². The van der Waals surface area contributed by atoms with Crippen molar-refractivity contribution in [3.63, 3.8) is 0 Å². The van der Waals surface area contributed by atoms with Crippen LogP contribution in [0.5, 0.6) is 5.75 Å². The largest absolute Gasteiger partial charge is 0.494 e. The third-order valence-corrected chi connectivity index (χ3v) is 4.55. The third kappa shape index (κ3) is 5.03. The zero-order valence-electron chi connectivity index (χ0n) is 14.3. The molecule has 0 bridgehead atoms.